The van der Waals surface area contributed by atoms with Crippen molar-refractivity contribution in [3.8, 4) is 5.75 Å². The molecule has 8 heteroatoms. The second kappa shape index (κ2) is 8.64. The van der Waals surface area contributed by atoms with Crippen LogP contribution in [0, 0.1) is 0 Å². The zero-order valence-electron chi connectivity index (χ0n) is 13.2. The summed E-state index contributed by atoms with van der Waals surface area (Å²) >= 11 is 1.83. The average molecular weight is 339 g/mol. The van der Waals surface area contributed by atoms with Crippen LogP contribution in [0.15, 0.2) is 18.2 Å². The van der Waals surface area contributed by atoms with Crippen LogP contribution >= 0.6 is 11.8 Å². The molecule has 3 amide bonds. The Bertz CT molecular complexity index is 562. The van der Waals surface area contributed by atoms with Crippen LogP contribution in [0.2, 0.25) is 0 Å². The number of hydrogen-bond acceptors (Lipinski definition) is 5. The van der Waals surface area contributed by atoms with E-state index in [1.807, 2.05) is 11.8 Å². The summed E-state index contributed by atoms with van der Waals surface area (Å²) in [7, 11) is 2.96. The molecule has 0 aliphatic carbocycles. The molecule has 1 aliphatic heterocycles. The van der Waals surface area contributed by atoms with Gasteiger partial charge in [-0.05, 0) is 30.4 Å². The fourth-order valence-corrected chi connectivity index (χ4v) is 3.35. The summed E-state index contributed by atoms with van der Waals surface area (Å²) < 4.78 is 9.99. The number of carbonyl (C=O) groups excluding carboxylic acids is 2. The van der Waals surface area contributed by atoms with Gasteiger partial charge in [-0.3, -0.25) is 4.79 Å². The lowest BCUT2D eigenvalue weighted by atomic mass is 10.2. The van der Waals surface area contributed by atoms with Gasteiger partial charge in [0.25, 0.3) is 0 Å². The van der Waals surface area contributed by atoms with Crippen LogP contribution in [-0.2, 0) is 9.53 Å². The molecule has 7 nitrogen and oxygen atoms in total. The summed E-state index contributed by atoms with van der Waals surface area (Å²) in [4.78, 5) is 23.6. The summed E-state index contributed by atoms with van der Waals surface area (Å²) in [6.45, 7) is -0.0549. The smallest absolute Gasteiger partial charge is 0.319 e. The fraction of sp³-hybridized carbons (Fsp3) is 0.467. The molecule has 0 bridgehead atoms. The fourth-order valence-electron chi connectivity index (χ4n) is 2.20. The van der Waals surface area contributed by atoms with E-state index in [9.17, 15) is 9.59 Å². The summed E-state index contributed by atoms with van der Waals surface area (Å²) in [5.41, 5.74) is 1.05. The third-order valence-corrected chi connectivity index (χ3v) is 4.43. The molecule has 23 heavy (non-hydrogen) atoms. The summed E-state index contributed by atoms with van der Waals surface area (Å²) in [5.74, 6) is 2.22. The number of nitrogens with one attached hydrogen (secondary N) is 3. The Labute approximate surface area is 139 Å². The first-order valence-corrected chi connectivity index (χ1v) is 8.40. The highest BCUT2D eigenvalue weighted by Gasteiger charge is 2.17. The Morgan fingerprint density at radius 2 is 2.13 bits per heavy atom. The van der Waals surface area contributed by atoms with Gasteiger partial charge in [-0.1, -0.05) is 0 Å². The largest absolute Gasteiger partial charge is 0.495 e. The maximum absolute atomic E-state index is 12.0. The Kier molecular flexibility index (Phi) is 6.54. The monoisotopic (exact) mass is 339 g/mol. The van der Waals surface area contributed by atoms with Crippen molar-refractivity contribution in [2.45, 2.75) is 12.5 Å². The number of rotatable bonds is 6. The quantitative estimate of drug-likeness (QED) is 0.737. The normalized spacial score (nSPS) is 16.7. The Morgan fingerprint density at radius 1 is 1.30 bits per heavy atom. The zero-order valence-corrected chi connectivity index (χ0v) is 14.0. The van der Waals surface area contributed by atoms with Crippen molar-refractivity contribution in [3.63, 3.8) is 0 Å². The van der Waals surface area contributed by atoms with Crippen LogP contribution in [0.1, 0.15) is 6.42 Å². The van der Waals surface area contributed by atoms with E-state index in [0.717, 1.165) is 17.9 Å². The van der Waals surface area contributed by atoms with E-state index < -0.39 is 0 Å². The van der Waals surface area contributed by atoms with Crippen LogP contribution < -0.4 is 20.7 Å². The molecule has 1 fully saturated rings. The first kappa shape index (κ1) is 17.4. The molecule has 126 valence electrons. The first-order valence-electron chi connectivity index (χ1n) is 7.24. The van der Waals surface area contributed by atoms with Gasteiger partial charge in [-0.2, -0.15) is 11.8 Å². The number of thioether (sulfide) groups is 1. The third-order valence-electron chi connectivity index (χ3n) is 3.27. The van der Waals surface area contributed by atoms with Gasteiger partial charge < -0.3 is 25.4 Å². The number of hydrogen-bond donors (Lipinski definition) is 3. The SMILES string of the molecule is COCC(=O)Nc1cc(NC(=O)N[C@@H]2CCSC2)ccc1OC. The molecule has 1 saturated heterocycles. The standard InChI is InChI=1S/C15H21N3O4S/c1-21-8-14(19)18-12-7-10(3-4-13(12)22-2)16-15(20)17-11-5-6-23-9-11/h3-4,7,11H,5-6,8-9H2,1-2H3,(H,18,19)(H2,16,17,20)/t11-/m1/s1. The Balaban J connectivity index is 2.00. The molecule has 1 atom stereocenters. The lowest BCUT2D eigenvalue weighted by Gasteiger charge is -2.15. The molecule has 0 radical (unpaired) electrons. The van der Waals surface area contributed by atoms with Crippen molar-refractivity contribution >= 4 is 35.1 Å². The van der Waals surface area contributed by atoms with Crippen LogP contribution in [0.25, 0.3) is 0 Å². The molecule has 1 aromatic rings. The maximum atomic E-state index is 12.0. The second-order valence-corrected chi connectivity index (χ2v) is 6.21. The molecular formula is C15H21N3O4S. The van der Waals surface area contributed by atoms with Crippen molar-refractivity contribution in [3.05, 3.63) is 18.2 Å². The van der Waals surface area contributed by atoms with E-state index >= 15 is 0 Å². The highest BCUT2D eigenvalue weighted by atomic mass is 32.2. The molecule has 2 rings (SSSR count). The highest BCUT2D eigenvalue weighted by molar-refractivity contribution is 7.99. The van der Waals surface area contributed by atoms with Gasteiger partial charge in [-0.15, -0.1) is 0 Å². The predicted octanol–water partition coefficient (Wildman–Crippen LogP) is 1.91. The minimum atomic E-state index is -0.296. The number of anilines is 2. The molecule has 0 spiro atoms. The van der Waals surface area contributed by atoms with Gasteiger partial charge in [0, 0.05) is 24.6 Å². The lowest BCUT2D eigenvalue weighted by molar-refractivity contribution is -0.119. The third kappa shape index (κ3) is 5.33. The molecular weight excluding hydrogens is 318 g/mol. The van der Waals surface area contributed by atoms with E-state index in [1.54, 1.807) is 18.2 Å². The molecule has 1 heterocycles. The molecule has 0 unspecified atom stereocenters. The van der Waals surface area contributed by atoms with Crippen molar-refractivity contribution < 1.29 is 19.1 Å². The van der Waals surface area contributed by atoms with Crippen molar-refractivity contribution in [2.75, 3.05) is 43.0 Å². The minimum absolute atomic E-state index is 0.0549. The average Bonchev–Trinajstić information content (AvgIpc) is 3.00. The topological polar surface area (TPSA) is 88.7 Å². The van der Waals surface area contributed by atoms with Crippen molar-refractivity contribution in [1.29, 1.82) is 0 Å². The van der Waals surface area contributed by atoms with E-state index in [1.165, 1.54) is 14.2 Å². The van der Waals surface area contributed by atoms with E-state index in [-0.39, 0.29) is 24.6 Å². The van der Waals surface area contributed by atoms with Gasteiger partial charge in [0.05, 0.1) is 12.8 Å². The van der Waals surface area contributed by atoms with Gasteiger partial charge >= 0.3 is 6.03 Å². The summed E-state index contributed by atoms with van der Waals surface area (Å²) in [6.07, 6.45) is 0.985. The van der Waals surface area contributed by atoms with Crippen LogP contribution in [0.4, 0.5) is 16.2 Å². The predicted molar refractivity (Wildman–Crippen MR) is 91.4 cm³/mol. The van der Waals surface area contributed by atoms with Gasteiger partial charge in [0.1, 0.15) is 12.4 Å². The maximum Gasteiger partial charge on any atom is 0.319 e. The number of ether oxygens (including phenoxy) is 2. The second-order valence-electron chi connectivity index (χ2n) is 5.06. The van der Waals surface area contributed by atoms with Gasteiger partial charge in [0.15, 0.2) is 0 Å². The number of methoxy groups -OCH3 is 2. The minimum Gasteiger partial charge on any atom is -0.495 e. The first-order chi connectivity index (χ1) is 11.1. The number of carbonyl (C=O) groups is 2. The number of urea groups is 1. The molecule has 0 aromatic heterocycles. The highest BCUT2D eigenvalue weighted by Crippen LogP contribution is 2.28. The number of benzene rings is 1. The van der Waals surface area contributed by atoms with Gasteiger partial charge in [0.2, 0.25) is 5.91 Å². The molecule has 1 aliphatic rings. The molecule has 3 N–H and O–H groups in total. The van der Waals surface area contributed by atoms with E-state index in [4.69, 9.17) is 9.47 Å². The van der Waals surface area contributed by atoms with E-state index in [0.29, 0.717) is 17.1 Å². The van der Waals surface area contributed by atoms with E-state index in [2.05, 4.69) is 16.0 Å². The Morgan fingerprint density at radius 3 is 2.78 bits per heavy atom. The Hall–Kier alpha value is -1.93. The van der Waals surface area contributed by atoms with Crippen LogP contribution in [-0.4, -0.2) is 50.3 Å². The van der Waals surface area contributed by atoms with Crippen molar-refractivity contribution in [1.82, 2.24) is 5.32 Å². The zero-order chi connectivity index (χ0) is 16.7. The van der Waals surface area contributed by atoms with Crippen LogP contribution in [0.3, 0.4) is 0 Å². The molecule has 1 aromatic carbocycles. The lowest BCUT2D eigenvalue weighted by Crippen LogP contribution is -2.37. The van der Waals surface area contributed by atoms with Gasteiger partial charge in [-0.25, -0.2) is 4.79 Å². The summed E-state index contributed by atoms with van der Waals surface area (Å²) in [6, 6.07) is 5.00. The van der Waals surface area contributed by atoms with Crippen molar-refractivity contribution in [2.24, 2.45) is 0 Å². The summed E-state index contributed by atoms with van der Waals surface area (Å²) in [5, 5.41) is 8.38. The molecule has 0 saturated carbocycles. The van der Waals surface area contributed by atoms with Crippen LogP contribution in [0.5, 0.6) is 5.75 Å². The number of amides is 3.